The molecule has 0 radical (unpaired) electrons. The number of rotatable bonds is 6. The summed E-state index contributed by atoms with van der Waals surface area (Å²) >= 11 is 0. The van der Waals surface area contributed by atoms with Gasteiger partial charge in [-0.15, -0.1) is 0 Å². The first-order valence-electron chi connectivity index (χ1n) is 8.03. The number of hydrogen-bond acceptors (Lipinski definition) is 4. The fourth-order valence-electron chi connectivity index (χ4n) is 2.45. The number of carbonyl (C=O) groups is 1. The van der Waals surface area contributed by atoms with Crippen molar-refractivity contribution in [3.05, 3.63) is 71.9 Å². The maximum absolute atomic E-state index is 12.0. The second kappa shape index (κ2) is 7.93. The molecule has 0 fully saturated rings. The van der Waals surface area contributed by atoms with Crippen LogP contribution in [0.3, 0.4) is 0 Å². The van der Waals surface area contributed by atoms with Crippen LogP contribution >= 0.6 is 0 Å². The minimum absolute atomic E-state index is 0.156. The average Bonchev–Trinajstić information content (AvgIpc) is 2.67. The Labute approximate surface area is 145 Å². The van der Waals surface area contributed by atoms with E-state index in [9.17, 15) is 4.79 Å². The molecule has 2 aromatic carbocycles. The molecule has 124 valence electrons. The Morgan fingerprint density at radius 2 is 1.92 bits per heavy atom. The Morgan fingerprint density at radius 3 is 2.72 bits per heavy atom. The second-order valence-electron chi connectivity index (χ2n) is 5.48. The Balaban J connectivity index is 1.47. The summed E-state index contributed by atoms with van der Waals surface area (Å²) in [5.41, 5.74) is 1.92. The molecule has 0 aliphatic rings. The van der Waals surface area contributed by atoms with Crippen LogP contribution in [-0.4, -0.2) is 24.0 Å². The predicted molar refractivity (Wildman–Crippen MR) is 95.3 cm³/mol. The van der Waals surface area contributed by atoms with Gasteiger partial charge in [0.2, 0.25) is 0 Å². The summed E-state index contributed by atoms with van der Waals surface area (Å²) in [4.78, 5) is 16.4. The highest BCUT2D eigenvalue weighted by molar-refractivity contribution is 5.94. The molecule has 25 heavy (non-hydrogen) atoms. The highest BCUT2D eigenvalue weighted by Gasteiger charge is 2.05. The van der Waals surface area contributed by atoms with Gasteiger partial charge in [0.15, 0.2) is 0 Å². The van der Waals surface area contributed by atoms with Crippen molar-refractivity contribution >= 4 is 16.8 Å². The molecule has 1 N–H and O–H groups in total. The van der Waals surface area contributed by atoms with E-state index in [-0.39, 0.29) is 5.91 Å². The monoisotopic (exact) mass is 331 g/mol. The summed E-state index contributed by atoms with van der Waals surface area (Å²) in [5.74, 6) is 0.591. The first-order chi connectivity index (χ1) is 12.3. The van der Waals surface area contributed by atoms with Gasteiger partial charge in [-0.1, -0.05) is 18.2 Å². The Morgan fingerprint density at radius 1 is 1.12 bits per heavy atom. The van der Waals surface area contributed by atoms with E-state index in [0.717, 1.165) is 16.7 Å². The number of ether oxygens (including phenoxy) is 1. The summed E-state index contributed by atoms with van der Waals surface area (Å²) in [5, 5.41) is 12.6. The van der Waals surface area contributed by atoms with Crippen LogP contribution in [0.25, 0.3) is 10.9 Å². The van der Waals surface area contributed by atoms with Crippen LogP contribution in [-0.2, 0) is 0 Å². The van der Waals surface area contributed by atoms with Gasteiger partial charge in [-0.2, -0.15) is 5.26 Å². The predicted octanol–water partition coefficient (Wildman–Crippen LogP) is 3.31. The number of nitrogens with one attached hydrogen (secondary N) is 1. The van der Waals surface area contributed by atoms with E-state index in [1.54, 1.807) is 30.5 Å². The lowest BCUT2D eigenvalue weighted by molar-refractivity contribution is 0.0951. The molecule has 5 nitrogen and oxygen atoms in total. The number of amides is 1. The lowest BCUT2D eigenvalue weighted by Crippen LogP contribution is -2.25. The van der Waals surface area contributed by atoms with Crippen molar-refractivity contribution in [3.8, 4) is 11.8 Å². The van der Waals surface area contributed by atoms with E-state index in [1.165, 1.54) is 0 Å². The van der Waals surface area contributed by atoms with Crippen molar-refractivity contribution in [1.29, 1.82) is 5.26 Å². The van der Waals surface area contributed by atoms with Gasteiger partial charge in [0, 0.05) is 23.7 Å². The number of hydrogen-bond donors (Lipinski definition) is 1. The number of aromatic nitrogens is 1. The smallest absolute Gasteiger partial charge is 0.251 e. The highest BCUT2D eigenvalue weighted by Crippen LogP contribution is 2.22. The van der Waals surface area contributed by atoms with Crippen molar-refractivity contribution in [2.75, 3.05) is 13.2 Å². The molecular weight excluding hydrogens is 314 g/mol. The molecule has 0 unspecified atom stereocenters. The second-order valence-corrected chi connectivity index (χ2v) is 5.48. The lowest BCUT2D eigenvalue weighted by atomic mass is 10.1. The Kier molecular flexibility index (Phi) is 5.22. The van der Waals surface area contributed by atoms with Crippen LogP contribution in [0.1, 0.15) is 22.3 Å². The zero-order chi connectivity index (χ0) is 17.5. The minimum atomic E-state index is -0.156. The van der Waals surface area contributed by atoms with Crippen molar-refractivity contribution in [2.45, 2.75) is 6.42 Å². The molecule has 0 aliphatic heterocycles. The molecule has 1 amide bonds. The number of carbonyl (C=O) groups excluding carboxylic acids is 1. The van der Waals surface area contributed by atoms with E-state index >= 15 is 0 Å². The van der Waals surface area contributed by atoms with Crippen molar-refractivity contribution < 1.29 is 9.53 Å². The van der Waals surface area contributed by atoms with E-state index in [1.807, 2.05) is 36.4 Å². The zero-order valence-corrected chi connectivity index (χ0v) is 13.6. The van der Waals surface area contributed by atoms with Crippen molar-refractivity contribution in [3.63, 3.8) is 0 Å². The third-order valence-electron chi connectivity index (χ3n) is 3.74. The van der Waals surface area contributed by atoms with Crippen LogP contribution in [0, 0.1) is 11.3 Å². The van der Waals surface area contributed by atoms with E-state index in [4.69, 9.17) is 10.00 Å². The topological polar surface area (TPSA) is 75.0 Å². The Hall–Kier alpha value is -3.39. The van der Waals surface area contributed by atoms with Crippen LogP contribution in [0.5, 0.6) is 5.75 Å². The van der Waals surface area contributed by atoms with E-state index in [0.29, 0.717) is 30.7 Å². The first kappa shape index (κ1) is 16.5. The highest BCUT2D eigenvalue weighted by atomic mass is 16.5. The number of para-hydroxylation sites is 1. The molecule has 0 saturated heterocycles. The zero-order valence-electron chi connectivity index (χ0n) is 13.6. The summed E-state index contributed by atoms with van der Waals surface area (Å²) < 4.78 is 5.79. The first-order valence-corrected chi connectivity index (χ1v) is 8.03. The SMILES string of the molecule is N#Cc1ccc(C(=O)NCCCOc2cccc3cccnc23)cc1. The maximum atomic E-state index is 12.0. The normalized spacial score (nSPS) is 10.2. The fraction of sp³-hybridized carbons (Fsp3) is 0.150. The molecule has 0 atom stereocenters. The van der Waals surface area contributed by atoms with Crippen LogP contribution in [0.2, 0.25) is 0 Å². The molecule has 0 bridgehead atoms. The standard InChI is InChI=1S/C20H17N3O2/c21-14-15-7-9-17(10-8-15)20(24)23-12-3-13-25-18-6-1-4-16-5-2-11-22-19(16)18/h1-2,4-11H,3,12-13H2,(H,23,24). The summed E-state index contributed by atoms with van der Waals surface area (Å²) in [7, 11) is 0. The summed E-state index contributed by atoms with van der Waals surface area (Å²) in [6.45, 7) is 1.00. The van der Waals surface area contributed by atoms with Crippen molar-refractivity contribution in [2.24, 2.45) is 0 Å². The number of benzene rings is 2. The summed E-state index contributed by atoms with van der Waals surface area (Å²) in [6.07, 6.45) is 2.43. The van der Waals surface area contributed by atoms with Crippen LogP contribution in [0.4, 0.5) is 0 Å². The van der Waals surface area contributed by atoms with Gasteiger partial charge in [-0.25, -0.2) is 0 Å². The molecule has 0 saturated carbocycles. The minimum Gasteiger partial charge on any atom is -0.491 e. The van der Waals surface area contributed by atoms with Gasteiger partial charge in [0.05, 0.1) is 18.2 Å². The number of nitriles is 1. The Bertz CT molecular complexity index is 909. The lowest BCUT2D eigenvalue weighted by Gasteiger charge is -2.09. The van der Waals surface area contributed by atoms with Crippen LogP contribution < -0.4 is 10.1 Å². The quantitative estimate of drug-likeness (QED) is 0.703. The molecule has 1 heterocycles. The molecular formula is C20H17N3O2. The average molecular weight is 331 g/mol. The van der Waals surface area contributed by atoms with Gasteiger partial charge < -0.3 is 10.1 Å². The van der Waals surface area contributed by atoms with Gasteiger partial charge in [0.1, 0.15) is 11.3 Å². The van der Waals surface area contributed by atoms with Crippen molar-refractivity contribution in [1.82, 2.24) is 10.3 Å². The molecule has 3 aromatic rings. The number of pyridine rings is 1. The number of fused-ring (bicyclic) bond motifs is 1. The third-order valence-corrected chi connectivity index (χ3v) is 3.74. The van der Waals surface area contributed by atoms with Gasteiger partial charge in [-0.3, -0.25) is 9.78 Å². The third kappa shape index (κ3) is 4.12. The van der Waals surface area contributed by atoms with Crippen LogP contribution in [0.15, 0.2) is 60.8 Å². The maximum Gasteiger partial charge on any atom is 0.251 e. The van der Waals surface area contributed by atoms with Gasteiger partial charge in [-0.05, 0) is 42.8 Å². The largest absolute Gasteiger partial charge is 0.491 e. The molecule has 3 rings (SSSR count). The van der Waals surface area contributed by atoms with E-state index in [2.05, 4.69) is 10.3 Å². The summed E-state index contributed by atoms with van der Waals surface area (Å²) in [6, 6.07) is 18.3. The van der Waals surface area contributed by atoms with E-state index < -0.39 is 0 Å². The molecule has 0 spiro atoms. The van der Waals surface area contributed by atoms with Gasteiger partial charge >= 0.3 is 0 Å². The molecule has 5 heteroatoms. The van der Waals surface area contributed by atoms with Gasteiger partial charge in [0.25, 0.3) is 5.91 Å². The molecule has 0 aliphatic carbocycles. The molecule has 1 aromatic heterocycles. The number of nitrogens with zero attached hydrogens (tertiary/aromatic N) is 2. The fourth-order valence-corrected chi connectivity index (χ4v) is 2.45.